The number of rotatable bonds is 8. The number of nitro groups is 1. The molecule has 0 spiro atoms. The number of H-pyrrole nitrogens is 1. The van der Waals surface area contributed by atoms with Crippen LogP contribution in [0.5, 0.6) is 5.75 Å². The van der Waals surface area contributed by atoms with Gasteiger partial charge in [-0.1, -0.05) is 23.9 Å². The summed E-state index contributed by atoms with van der Waals surface area (Å²) >= 11 is 1.18. The molecule has 0 saturated heterocycles. The van der Waals surface area contributed by atoms with Crippen molar-refractivity contribution in [3.05, 3.63) is 58.6 Å². The third-order valence-corrected chi connectivity index (χ3v) is 4.52. The summed E-state index contributed by atoms with van der Waals surface area (Å²) in [7, 11) is 0. The Morgan fingerprint density at radius 3 is 2.66 bits per heavy atom. The number of aromatic amines is 1. The number of carbonyl (C=O) groups excluding carboxylic acids is 1. The van der Waals surface area contributed by atoms with Crippen molar-refractivity contribution in [1.29, 1.82) is 0 Å². The third kappa shape index (κ3) is 5.55. The van der Waals surface area contributed by atoms with Crippen LogP contribution in [0.15, 0.2) is 53.7 Å². The molecule has 1 aromatic heterocycles. The molecule has 150 valence electrons. The highest BCUT2D eigenvalue weighted by molar-refractivity contribution is 7.99. The second kappa shape index (κ2) is 9.20. The number of thioether (sulfide) groups is 1. The van der Waals surface area contributed by atoms with Gasteiger partial charge in [0.05, 0.1) is 22.5 Å². The van der Waals surface area contributed by atoms with Crippen molar-refractivity contribution >= 4 is 29.0 Å². The van der Waals surface area contributed by atoms with Crippen LogP contribution in [0.25, 0.3) is 11.4 Å². The van der Waals surface area contributed by atoms with E-state index in [1.807, 2.05) is 26.0 Å². The van der Waals surface area contributed by atoms with Crippen LogP contribution in [-0.2, 0) is 4.79 Å². The smallest absolute Gasteiger partial charge is 0.269 e. The molecular formula is C19H19N5O4S. The van der Waals surface area contributed by atoms with Crippen LogP contribution in [0.3, 0.4) is 0 Å². The number of nitrogens with zero attached hydrogens (tertiary/aromatic N) is 3. The van der Waals surface area contributed by atoms with Crippen molar-refractivity contribution in [2.24, 2.45) is 0 Å². The molecule has 2 aromatic carbocycles. The van der Waals surface area contributed by atoms with Gasteiger partial charge in [0, 0.05) is 17.7 Å². The summed E-state index contributed by atoms with van der Waals surface area (Å²) < 4.78 is 5.69. The van der Waals surface area contributed by atoms with Crippen LogP contribution in [0.2, 0.25) is 0 Å². The van der Waals surface area contributed by atoms with E-state index in [-0.39, 0.29) is 23.5 Å². The molecule has 0 unspecified atom stereocenters. The molecule has 0 aliphatic carbocycles. The highest BCUT2D eigenvalue weighted by atomic mass is 32.2. The molecule has 0 radical (unpaired) electrons. The number of benzene rings is 2. The fourth-order valence-corrected chi connectivity index (χ4v) is 3.02. The van der Waals surface area contributed by atoms with Gasteiger partial charge >= 0.3 is 0 Å². The maximum Gasteiger partial charge on any atom is 0.269 e. The van der Waals surface area contributed by atoms with Gasteiger partial charge in [-0.3, -0.25) is 20.0 Å². The lowest BCUT2D eigenvalue weighted by molar-refractivity contribution is -0.384. The van der Waals surface area contributed by atoms with E-state index in [1.54, 1.807) is 24.3 Å². The lowest BCUT2D eigenvalue weighted by atomic mass is 10.2. The molecule has 0 bridgehead atoms. The molecule has 1 amide bonds. The number of aromatic nitrogens is 3. The van der Waals surface area contributed by atoms with Crippen molar-refractivity contribution in [2.45, 2.75) is 25.1 Å². The van der Waals surface area contributed by atoms with Gasteiger partial charge in [-0.15, -0.1) is 5.10 Å². The van der Waals surface area contributed by atoms with Crippen molar-refractivity contribution in [2.75, 3.05) is 11.1 Å². The van der Waals surface area contributed by atoms with Gasteiger partial charge < -0.3 is 10.1 Å². The van der Waals surface area contributed by atoms with Crippen molar-refractivity contribution in [1.82, 2.24) is 15.2 Å². The van der Waals surface area contributed by atoms with E-state index in [1.165, 1.54) is 23.9 Å². The number of ether oxygens (including phenoxy) is 1. The molecule has 0 atom stereocenters. The Labute approximate surface area is 171 Å². The summed E-state index contributed by atoms with van der Waals surface area (Å²) in [6.45, 7) is 3.83. The lowest BCUT2D eigenvalue weighted by Gasteiger charge is -2.14. The average Bonchev–Trinajstić information content (AvgIpc) is 3.17. The van der Waals surface area contributed by atoms with E-state index in [9.17, 15) is 14.9 Å². The van der Waals surface area contributed by atoms with Crippen LogP contribution in [-0.4, -0.2) is 37.9 Å². The highest BCUT2D eigenvalue weighted by Gasteiger charge is 2.12. The van der Waals surface area contributed by atoms with Gasteiger partial charge in [-0.25, -0.2) is 4.98 Å². The summed E-state index contributed by atoms with van der Waals surface area (Å²) in [6.07, 6.45) is -0.00600. The second-order valence-corrected chi connectivity index (χ2v) is 7.21. The summed E-state index contributed by atoms with van der Waals surface area (Å²) in [4.78, 5) is 26.9. The van der Waals surface area contributed by atoms with E-state index >= 15 is 0 Å². The number of carbonyl (C=O) groups is 1. The van der Waals surface area contributed by atoms with E-state index in [4.69, 9.17) is 4.74 Å². The van der Waals surface area contributed by atoms with Crippen molar-refractivity contribution in [3.63, 3.8) is 0 Å². The Morgan fingerprint density at radius 1 is 1.24 bits per heavy atom. The molecule has 0 saturated carbocycles. The number of para-hydroxylation sites is 2. The summed E-state index contributed by atoms with van der Waals surface area (Å²) in [5, 5.41) is 20.8. The third-order valence-electron chi connectivity index (χ3n) is 3.67. The number of nitro benzene ring substituents is 1. The first-order valence-corrected chi connectivity index (χ1v) is 9.76. The minimum atomic E-state index is -0.464. The first-order chi connectivity index (χ1) is 13.9. The number of anilines is 1. The lowest BCUT2D eigenvalue weighted by Crippen LogP contribution is -2.16. The van der Waals surface area contributed by atoms with Crippen molar-refractivity contribution in [3.8, 4) is 17.1 Å². The number of amides is 1. The summed E-state index contributed by atoms with van der Waals surface area (Å²) in [5.74, 6) is 0.988. The topological polar surface area (TPSA) is 123 Å². The molecule has 9 nitrogen and oxygen atoms in total. The van der Waals surface area contributed by atoms with Crippen LogP contribution in [0, 0.1) is 10.1 Å². The fourth-order valence-electron chi connectivity index (χ4n) is 2.42. The van der Waals surface area contributed by atoms with E-state index in [2.05, 4.69) is 20.5 Å². The Morgan fingerprint density at radius 2 is 1.97 bits per heavy atom. The maximum absolute atomic E-state index is 12.3. The summed E-state index contributed by atoms with van der Waals surface area (Å²) in [6, 6.07) is 13.2. The molecule has 29 heavy (non-hydrogen) atoms. The first kappa shape index (κ1) is 20.3. The standard InChI is InChI=1S/C19H19N5O4S/c1-12(2)28-16-6-4-3-5-15(16)20-17(25)11-29-19-21-18(22-23-19)13-7-9-14(10-8-13)24(26)27/h3-10,12H,11H2,1-2H3,(H,20,25)(H,21,22,23). The van der Waals surface area contributed by atoms with Crippen molar-refractivity contribution < 1.29 is 14.5 Å². The molecule has 0 fully saturated rings. The SMILES string of the molecule is CC(C)Oc1ccccc1NC(=O)CSc1n[nH]c(-c2ccc([N+](=O)[O-])cc2)n1. The first-order valence-electron chi connectivity index (χ1n) is 8.78. The predicted molar refractivity (Wildman–Crippen MR) is 110 cm³/mol. The molecule has 3 rings (SSSR count). The van der Waals surface area contributed by atoms with Gasteiger partial charge in [-0.05, 0) is 38.1 Å². The average molecular weight is 413 g/mol. The molecule has 0 aliphatic heterocycles. The zero-order valence-electron chi connectivity index (χ0n) is 15.8. The van der Waals surface area contributed by atoms with Crippen LogP contribution in [0.1, 0.15) is 13.8 Å². The Hall–Kier alpha value is -3.40. The number of nitrogens with one attached hydrogen (secondary N) is 2. The van der Waals surface area contributed by atoms with Gasteiger partial charge in [-0.2, -0.15) is 0 Å². The Balaban J connectivity index is 1.58. The second-order valence-electron chi connectivity index (χ2n) is 6.27. The largest absolute Gasteiger partial charge is 0.489 e. The monoisotopic (exact) mass is 413 g/mol. The highest BCUT2D eigenvalue weighted by Crippen LogP contribution is 2.26. The van der Waals surface area contributed by atoms with Crippen LogP contribution in [0.4, 0.5) is 11.4 Å². The van der Waals surface area contributed by atoms with E-state index in [0.29, 0.717) is 28.0 Å². The number of non-ortho nitro benzene ring substituents is 1. The van der Waals surface area contributed by atoms with Gasteiger partial charge in [0.15, 0.2) is 5.82 Å². The van der Waals surface area contributed by atoms with E-state index < -0.39 is 4.92 Å². The molecule has 2 N–H and O–H groups in total. The minimum absolute atomic E-state index is 0.00117. The quantitative estimate of drug-likeness (QED) is 0.326. The molecule has 10 heteroatoms. The summed E-state index contributed by atoms with van der Waals surface area (Å²) in [5.41, 5.74) is 1.27. The molecule has 1 heterocycles. The van der Waals surface area contributed by atoms with Crippen LogP contribution < -0.4 is 10.1 Å². The van der Waals surface area contributed by atoms with Gasteiger partial charge in [0.2, 0.25) is 11.1 Å². The molecular weight excluding hydrogens is 394 g/mol. The van der Waals surface area contributed by atoms with E-state index in [0.717, 1.165) is 0 Å². The Kier molecular flexibility index (Phi) is 6.45. The van der Waals surface area contributed by atoms with Crippen LogP contribution >= 0.6 is 11.8 Å². The molecule has 0 aliphatic rings. The fraction of sp³-hybridized carbons (Fsp3) is 0.211. The minimum Gasteiger partial charge on any atom is -0.489 e. The number of hydrogen-bond acceptors (Lipinski definition) is 7. The van der Waals surface area contributed by atoms with Gasteiger partial charge in [0.1, 0.15) is 5.75 Å². The zero-order valence-corrected chi connectivity index (χ0v) is 16.6. The Bertz CT molecular complexity index is 1000. The normalized spacial score (nSPS) is 10.7. The molecule has 3 aromatic rings. The zero-order chi connectivity index (χ0) is 20.8. The van der Waals surface area contributed by atoms with Gasteiger partial charge in [0.25, 0.3) is 5.69 Å². The maximum atomic E-state index is 12.3. The number of hydrogen-bond donors (Lipinski definition) is 2. The predicted octanol–water partition coefficient (Wildman–Crippen LogP) is 3.90.